The molecule has 1 aromatic rings. The minimum atomic E-state index is -1.20. The van der Waals surface area contributed by atoms with E-state index in [0.29, 0.717) is 0 Å². The molecule has 1 unspecified atom stereocenters. The third-order valence-corrected chi connectivity index (χ3v) is 1.78. The fraction of sp³-hybridized carbons (Fsp3) is 0.222. The molecule has 0 saturated heterocycles. The second-order valence-electron chi connectivity index (χ2n) is 2.89. The lowest BCUT2D eigenvalue weighted by atomic mass is 10.0. The van der Waals surface area contributed by atoms with Crippen LogP contribution < -0.4 is 5.73 Å². The number of carbonyl (C=O) groups is 1. The molecule has 0 bridgehead atoms. The molecule has 1 atom stereocenters. The van der Waals surface area contributed by atoms with Gasteiger partial charge in [0.05, 0.1) is 12.5 Å². The Hall–Kier alpha value is -1.62. The van der Waals surface area contributed by atoms with Gasteiger partial charge in [-0.1, -0.05) is 6.07 Å². The van der Waals surface area contributed by atoms with Crippen LogP contribution in [0.1, 0.15) is 18.1 Å². The van der Waals surface area contributed by atoms with Crippen LogP contribution in [0.3, 0.4) is 0 Å². The van der Waals surface area contributed by atoms with E-state index in [1.165, 1.54) is 6.07 Å². The average Bonchev–Trinajstić information content (AvgIpc) is 2.01. The van der Waals surface area contributed by atoms with Gasteiger partial charge in [-0.3, -0.25) is 4.79 Å². The van der Waals surface area contributed by atoms with Gasteiger partial charge in [-0.15, -0.1) is 0 Å². The maximum Gasteiger partial charge on any atom is 0.306 e. The van der Waals surface area contributed by atoms with Crippen molar-refractivity contribution in [1.82, 2.24) is 0 Å². The van der Waals surface area contributed by atoms with Crippen molar-refractivity contribution >= 4 is 11.7 Å². The Morgan fingerprint density at radius 1 is 1.57 bits per heavy atom. The lowest BCUT2D eigenvalue weighted by Gasteiger charge is -2.10. The highest BCUT2D eigenvalue weighted by Gasteiger charge is 2.14. The summed E-state index contributed by atoms with van der Waals surface area (Å²) in [6.45, 7) is 0. The van der Waals surface area contributed by atoms with Crippen LogP contribution in [0.25, 0.3) is 0 Å². The van der Waals surface area contributed by atoms with Gasteiger partial charge >= 0.3 is 5.97 Å². The number of aliphatic carboxylic acids is 1. The fourth-order valence-electron chi connectivity index (χ4n) is 1.12. The number of carboxylic acids is 1. The van der Waals surface area contributed by atoms with E-state index in [1.54, 1.807) is 0 Å². The molecule has 1 rings (SSSR count). The normalized spacial score (nSPS) is 12.4. The molecule has 0 aliphatic carbocycles. The Morgan fingerprint density at radius 2 is 2.21 bits per heavy atom. The van der Waals surface area contributed by atoms with Crippen LogP contribution in [-0.4, -0.2) is 16.2 Å². The van der Waals surface area contributed by atoms with Crippen LogP contribution in [0.5, 0.6) is 0 Å². The highest BCUT2D eigenvalue weighted by molar-refractivity contribution is 5.68. The number of anilines is 1. The number of nitrogens with two attached hydrogens (primary N) is 1. The van der Waals surface area contributed by atoms with Gasteiger partial charge in [0.2, 0.25) is 0 Å². The molecule has 0 spiro atoms. The largest absolute Gasteiger partial charge is 0.481 e. The standard InChI is InChI=1S/C9H10FNO3/c10-5-1-2-6(7(11)3-5)8(12)4-9(13)14/h1-3,8,12H,4,11H2,(H,13,14). The molecule has 76 valence electrons. The van der Waals surface area contributed by atoms with E-state index in [9.17, 15) is 14.3 Å². The van der Waals surface area contributed by atoms with Crippen molar-refractivity contribution in [3.8, 4) is 0 Å². The molecule has 0 aromatic heterocycles. The molecule has 0 radical (unpaired) electrons. The van der Waals surface area contributed by atoms with Crippen molar-refractivity contribution in [2.24, 2.45) is 0 Å². The summed E-state index contributed by atoms with van der Waals surface area (Å²) in [6, 6.07) is 3.44. The van der Waals surface area contributed by atoms with Gasteiger partial charge in [-0.05, 0) is 12.1 Å². The first-order chi connectivity index (χ1) is 6.50. The minimum absolute atomic E-state index is 0.0544. The molecule has 4 N–H and O–H groups in total. The number of hydrogen-bond donors (Lipinski definition) is 3. The molecule has 0 heterocycles. The number of hydrogen-bond acceptors (Lipinski definition) is 3. The Balaban J connectivity index is 2.90. The van der Waals surface area contributed by atoms with Crippen LogP contribution in [-0.2, 0) is 4.79 Å². The number of carboxylic acid groups (broad SMARTS) is 1. The molecule has 0 amide bonds. The maximum absolute atomic E-state index is 12.6. The van der Waals surface area contributed by atoms with E-state index < -0.39 is 24.3 Å². The summed E-state index contributed by atoms with van der Waals surface area (Å²) in [5.41, 5.74) is 5.69. The van der Waals surface area contributed by atoms with Crippen LogP contribution in [0.2, 0.25) is 0 Å². The molecule has 1 aromatic carbocycles. The van der Waals surface area contributed by atoms with E-state index in [1.807, 2.05) is 0 Å². The zero-order chi connectivity index (χ0) is 10.7. The van der Waals surface area contributed by atoms with Gasteiger partial charge in [-0.2, -0.15) is 0 Å². The van der Waals surface area contributed by atoms with Gasteiger partial charge in [0, 0.05) is 11.3 Å². The Bertz CT molecular complexity index is 354. The molecule has 0 saturated carbocycles. The SMILES string of the molecule is Nc1cc(F)ccc1C(O)CC(=O)O. The van der Waals surface area contributed by atoms with Gasteiger partial charge in [-0.25, -0.2) is 4.39 Å². The monoisotopic (exact) mass is 199 g/mol. The quantitative estimate of drug-likeness (QED) is 0.632. The van der Waals surface area contributed by atoms with Gasteiger partial charge in [0.1, 0.15) is 5.82 Å². The molecule has 0 aliphatic rings. The zero-order valence-electron chi connectivity index (χ0n) is 7.27. The molecule has 4 nitrogen and oxygen atoms in total. The first-order valence-corrected chi connectivity index (χ1v) is 3.95. The smallest absolute Gasteiger partial charge is 0.306 e. The van der Waals surface area contributed by atoms with E-state index in [-0.39, 0.29) is 11.3 Å². The average molecular weight is 199 g/mol. The van der Waals surface area contributed by atoms with Crippen molar-refractivity contribution in [2.75, 3.05) is 5.73 Å². The number of halogens is 1. The van der Waals surface area contributed by atoms with Crippen molar-refractivity contribution in [3.05, 3.63) is 29.6 Å². The van der Waals surface area contributed by atoms with Crippen molar-refractivity contribution < 1.29 is 19.4 Å². The summed E-state index contributed by atoms with van der Waals surface area (Å²) < 4.78 is 12.6. The number of aliphatic hydroxyl groups is 1. The highest BCUT2D eigenvalue weighted by atomic mass is 19.1. The third-order valence-electron chi connectivity index (χ3n) is 1.78. The third kappa shape index (κ3) is 2.43. The van der Waals surface area contributed by atoms with Crippen LogP contribution in [0.4, 0.5) is 10.1 Å². The van der Waals surface area contributed by atoms with Gasteiger partial charge in [0.25, 0.3) is 0 Å². The Morgan fingerprint density at radius 3 is 2.71 bits per heavy atom. The Kier molecular flexibility index (Phi) is 3.03. The van der Waals surface area contributed by atoms with Gasteiger partial charge < -0.3 is 15.9 Å². The van der Waals surface area contributed by atoms with Gasteiger partial charge in [0.15, 0.2) is 0 Å². The van der Waals surface area contributed by atoms with Crippen molar-refractivity contribution in [3.63, 3.8) is 0 Å². The minimum Gasteiger partial charge on any atom is -0.481 e. The zero-order valence-corrected chi connectivity index (χ0v) is 7.27. The fourth-order valence-corrected chi connectivity index (χ4v) is 1.12. The van der Waals surface area contributed by atoms with Crippen molar-refractivity contribution in [1.29, 1.82) is 0 Å². The predicted molar refractivity (Wildman–Crippen MR) is 48.0 cm³/mol. The lowest BCUT2D eigenvalue weighted by Crippen LogP contribution is -2.07. The summed E-state index contributed by atoms with van der Waals surface area (Å²) in [5.74, 6) is -1.66. The first kappa shape index (κ1) is 10.5. The second-order valence-corrected chi connectivity index (χ2v) is 2.89. The van der Waals surface area contributed by atoms with Crippen molar-refractivity contribution in [2.45, 2.75) is 12.5 Å². The molecular weight excluding hydrogens is 189 g/mol. The number of aliphatic hydroxyl groups excluding tert-OH is 1. The topological polar surface area (TPSA) is 83.5 Å². The van der Waals surface area contributed by atoms with E-state index in [4.69, 9.17) is 10.8 Å². The van der Waals surface area contributed by atoms with Crippen LogP contribution in [0, 0.1) is 5.82 Å². The maximum atomic E-state index is 12.6. The number of benzene rings is 1. The molecular formula is C9H10FNO3. The Labute approximate surface area is 79.8 Å². The molecule has 0 fully saturated rings. The van der Waals surface area contributed by atoms with E-state index in [2.05, 4.69) is 0 Å². The number of nitrogen functional groups attached to an aromatic ring is 1. The second kappa shape index (κ2) is 4.06. The van der Waals surface area contributed by atoms with E-state index >= 15 is 0 Å². The lowest BCUT2D eigenvalue weighted by molar-refractivity contribution is -0.139. The summed E-state index contributed by atoms with van der Waals surface area (Å²) in [6.07, 6.45) is -1.65. The summed E-state index contributed by atoms with van der Waals surface area (Å²) in [7, 11) is 0. The predicted octanol–water partition coefficient (Wildman–Crippen LogP) is 0.916. The highest BCUT2D eigenvalue weighted by Crippen LogP contribution is 2.23. The molecule has 5 heteroatoms. The van der Waals surface area contributed by atoms with Crippen LogP contribution >= 0.6 is 0 Å². The van der Waals surface area contributed by atoms with E-state index in [0.717, 1.165) is 12.1 Å². The summed E-state index contributed by atoms with van der Waals surface area (Å²) >= 11 is 0. The first-order valence-electron chi connectivity index (χ1n) is 3.95. The summed E-state index contributed by atoms with van der Waals surface area (Å²) in [4.78, 5) is 10.3. The number of rotatable bonds is 3. The van der Waals surface area contributed by atoms with Crippen LogP contribution in [0.15, 0.2) is 18.2 Å². The molecule has 0 aliphatic heterocycles. The molecule has 14 heavy (non-hydrogen) atoms. The summed E-state index contributed by atoms with van der Waals surface area (Å²) in [5, 5.41) is 17.8.